The number of nitrogens with zero attached hydrogens (tertiary/aromatic N) is 2. The van der Waals surface area contributed by atoms with Crippen LogP contribution in [0.3, 0.4) is 0 Å². The first-order valence-electron chi connectivity index (χ1n) is 7.23. The third-order valence-electron chi connectivity index (χ3n) is 3.35. The zero-order valence-corrected chi connectivity index (χ0v) is 13.6. The number of para-hydroxylation sites is 1. The molecule has 3 aromatic rings. The molecule has 0 saturated heterocycles. The molecule has 3 N–H and O–H groups in total. The normalized spacial score (nSPS) is 13.0. The molecule has 0 spiro atoms. The summed E-state index contributed by atoms with van der Waals surface area (Å²) in [5.74, 6) is -0.213. The fourth-order valence-corrected chi connectivity index (χ4v) is 2.99. The number of hydrazone groups is 1. The van der Waals surface area contributed by atoms with E-state index in [1.165, 1.54) is 11.3 Å². The number of hydrogen-bond acceptors (Lipinski definition) is 5. The van der Waals surface area contributed by atoms with Crippen molar-refractivity contribution >= 4 is 38.3 Å². The molecule has 0 aliphatic carbocycles. The Morgan fingerprint density at radius 3 is 2.87 bits per heavy atom. The highest BCUT2D eigenvalue weighted by Crippen LogP contribution is 2.25. The van der Waals surface area contributed by atoms with Crippen molar-refractivity contribution in [2.45, 2.75) is 19.9 Å². The Morgan fingerprint density at radius 1 is 1.30 bits per heavy atom. The lowest BCUT2D eigenvalue weighted by atomic mass is 10.3. The Hall–Kier alpha value is -2.67. The van der Waals surface area contributed by atoms with Crippen LogP contribution < -0.4 is 10.7 Å². The number of thiazole rings is 1. The second kappa shape index (κ2) is 6.62. The Bertz CT molecular complexity index is 804. The largest absolute Gasteiger partial charge is 0.360 e. The van der Waals surface area contributed by atoms with Gasteiger partial charge in [-0.2, -0.15) is 5.10 Å². The van der Waals surface area contributed by atoms with Crippen molar-refractivity contribution in [3.8, 4) is 0 Å². The molecule has 7 heteroatoms. The zero-order chi connectivity index (χ0) is 16.2. The highest BCUT2D eigenvalue weighted by Gasteiger charge is 2.14. The van der Waals surface area contributed by atoms with E-state index in [0.717, 1.165) is 26.8 Å². The fourth-order valence-electron chi connectivity index (χ4n) is 2.04. The highest BCUT2D eigenvalue weighted by atomic mass is 32.1. The van der Waals surface area contributed by atoms with Crippen molar-refractivity contribution < 1.29 is 4.79 Å². The second-order valence-electron chi connectivity index (χ2n) is 5.11. The lowest BCUT2D eigenvalue weighted by Crippen LogP contribution is -2.35. The number of H-pyrrole nitrogens is 1. The first kappa shape index (κ1) is 15.2. The number of amides is 1. The van der Waals surface area contributed by atoms with Gasteiger partial charge in [0.2, 0.25) is 0 Å². The predicted octanol–water partition coefficient (Wildman–Crippen LogP) is 2.97. The molecule has 0 fully saturated rings. The number of nitrogens with one attached hydrogen (secondary N) is 3. The summed E-state index contributed by atoms with van der Waals surface area (Å²) in [5, 5.41) is 7.93. The smallest absolute Gasteiger partial charge is 0.262 e. The van der Waals surface area contributed by atoms with Crippen molar-refractivity contribution in [2.75, 3.05) is 5.32 Å². The van der Waals surface area contributed by atoms with Gasteiger partial charge in [0.1, 0.15) is 6.04 Å². The van der Waals surface area contributed by atoms with Crippen LogP contribution in [0.25, 0.3) is 10.2 Å². The van der Waals surface area contributed by atoms with Gasteiger partial charge in [0, 0.05) is 6.20 Å². The number of rotatable bonds is 5. The van der Waals surface area contributed by atoms with E-state index in [1.54, 1.807) is 6.92 Å². The molecular formula is C16H17N5OS. The number of aromatic nitrogens is 2. The van der Waals surface area contributed by atoms with Gasteiger partial charge in [-0.25, -0.2) is 10.4 Å². The molecule has 2 aromatic heterocycles. The minimum atomic E-state index is -0.434. The van der Waals surface area contributed by atoms with Crippen molar-refractivity contribution in [3.63, 3.8) is 0 Å². The van der Waals surface area contributed by atoms with E-state index in [2.05, 4.69) is 25.8 Å². The third kappa shape index (κ3) is 3.57. The number of hydrogen-bond donors (Lipinski definition) is 3. The SMILES string of the molecule is C/C(=N\NC(=O)[C@H](C)Nc1nc2ccccc2s1)c1ccc[nH]1. The maximum absolute atomic E-state index is 12.1. The van der Waals surface area contributed by atoms with Crippen LogP contribution in [0.5, 0.6) is 0 Å². The Kier molecular flexibility index (Phi) is 4.38. The Morgan fingerprint density at radius 2 is 2.13 bits per heavy atom. The summed E-state index contributed by atoms with van der Waals surface area (Å²) in [6.07, 6.45) is 1.81. The van der Waals surface area contributed by atoms with Crippen LogP contribution >= 0.6 is 11.3 Å². The van der Waals surface area contributed by atoms with E-state index in [4.69, 9.17) is 0 Å². The summed E-state index contributed by atoms with van der Waals surface area (Å²) >= 11 is 1.52. The second-order valence-corrected chi connectivity index (χ2v) is 6.14. The highest BCUT2D eigenvalue weighted by molar-refractivity contribution is 7.22. The molecule has 2 heterocycles. The van der Waals surface area contributed by atoms with Crippen LogP contribution in [-0.4, -0.2) is 27.6 Å². The van der Waals surface area contributed by atoms with Crippen LogP contribution in [0, 0.1) is 0 Å². The molecule has 0 bridgehead atoms. The topological polar surface area (TPSA) is 82.2 Å². The molecule has 0 aliphatic rings. The number of aromatic amines is 1. The van der Waals surface area contributed by atoms with Crippen LogP contribution in [0.2, 0.25) is 0 Å². The zero-order valence-electron chi connectivity index (χ0n) is 12.8. The molecule has 118 valence electrons. The van der Waals surface area contributed by atoms with E-state index >= 15 is 0 Å². The summed E-state index contributed by atoms with van der Waals surface area (Å²) in [7, 11) is 0. The molecule has 0 radical (unpaired) electrons. The van der Waals surface area contributed by atoms with E-state index in [0.29, 0.717) is 0 Å². The quantitative estimate of drug-likeness (QED) is 0.498. The molecule has 23 heavy (non-hydrogen) atoms. The molecule has 0 unspecified atom stereocenters. The van der Waals surface area contributed by atoms with Gasteiger partial charge in [0.15, 0.2) is 5.13 Å². The van der Waals surface area contributed by atoms with Crippen LogP contribution in [0.1, 0.15) is 19.5 Å². The van der Waals surface area contributed by atoms with Gasteiger partial charge in [0.25, 0.3) is 5.91 Å². The van der Waals surface area contributed by atoms with Gasteiger partial charge in [-0.3, -0.25) is 4.79 Å². The van der Waals surface area contributed by atoms with Crippen molar-refractivity contribution in [1.29, 1.82) is 0 Å². The van der Waals surface area contributed by atoms with Crippen molar-refractivity contribution in [2.24, 2.45) is 5.10 Å². The molecule has 1 aromatic carbocycles. The van der Waals surface area contributed by atoms with Gasteiger partial charge in [-0.15, -0.1) is 0 Å². The number of benzene rings is 1. The van der Waals surface area contributed by atoms with E-state index < -0.39 is 6.04 Å². The summed E-state index contributed by atoms with van der Waals surface area (Å²) in [6, 6.07) is 11.2. The van der Waals surface area contributed by atoms with E-state index in [9.17, 15) is 4.79 Å². The third-order valence-corrected chi connectivity index (χ3v) is 4.32. The molecule has 0 saturated carbocycles. The minimum Gasteiger partial charge on any atom is -0.360 e. The van der Waals surface area contributed by atoms with Gasteiger partial charge < -0.3 is 10.3 Å². The van der Waals surface area contributed by atoms with E-state index in [1.807, 2.05) is 49.5 Å². The molecular weight excluding hydrogens is 310 g/mol. The average molecular weight is 327 g/mol. The number of carbonyl (C=O) groups is 1. The molecule has 3 rings (SSSR count). The van der Waals surface area contributed by atoms with Crippen LogP contribution in [0.15, 0.2) is 47.7 Å². The van der Waals surface area contributed by atoms with Crippen molar-refractivity contribution in [3.05, 3.63) is 48.3 Å². The summed E-state index contributed by atoms with van der Waals surface area (Å²) < 4.78 is 1.09. The minimum absolute atomic E-state index is 0.213. The van der Waals surface area contributed by atoms with Gasteiger partial charge >= 0.3 is 0 Å². The van der Waals surface area contributed by atoms with Gasteiger partial charge in [0.05, 0.1) is 21.6 Å². The predicted molar refractivity (Wildman–Crippen MR) is 93.9 cm³/mol. The molecule has 1 amide bonds. The lowest BCUT2D eigenvalue weighted by molar-refractivity contribution is -0.121. The monoisotopic (exact) mass is 327 g/mol. The summed E-state index contributed by atoms with van der Waals surface area (Å²) in [6.45, 7) is 3.61. The molecule has 1 atom stereocenters. The maximum Gasteiger partial charge on any atom is 0.262 e. The molecule has 6 nitrogen and oxygen atoms in total. The first-order chi connectivity index (χ1) is 11.1. The Labute approximate surface area is 137 Å². The first-order valence-corrected chi connectivity index (χ1v) is 8.05. The number of fused-ring (bicyclic) bond motifs is 1. The maximum atomic E-state index is 12.1. The van der Waals surface area contributed by atoms with Gasteiger partial charge in [-0.1, -0.05) is 23.5 Å². The average Bonchev–Trinajstić information content (AvgIpc) is 3.20. The van der Waals surface area contributed by atoms with Crippen LogP contribution in [-0.2, 0) is 4.79 Å². The van der Waals surface area contributed by atoms with Gasteiger partial charge in [-0.05, 0) is 38.1 Å². The number of carbonyl (C=O) groups excluding carboxylic acids is 1. The van der Waals surface area contributed by atoms with Crippen LogP contribution in [0.4, 0.5) is 5.13 Å². The van der Waals surface area contributed by atoms with E-state index in [-0.39, 0.29) is 5.91 Å². The van der Waals surface area contributed by atoms with Crippen molar-refractivity contribution in [1.82, 2.24) is 15.4 Å². The standard InChI is InChI=1S/C16H17N5OS/c1-10(12-7-5-9-17-12)20-21-15(22)11(2)18-16-19-13-6-3-4-8-14(13)23-16/h3-9,11,17H,1-2H3,(H,18,19)(H,21,22)/b20-10+/t11-/m0/s1. The lowest BCUT2D eigenvalue weighted by Gasteiger charge is -2.11. The summed E-state index contributed by atoms with van der Waals surface area (Å²) in [4.78, 5) is 19.6. The number of anilines is 1. The summed E-state index contributed by atoms with van der Waals surface area (Å²) in [5.41, 5.74) is 5.08. The fraction of sp³-hybridized carbons (Fsp3) is 0.188. The molecule has 0 aliphatic heterocycles. The Balaban J connectivity index is 1.62.